The maximum absolute atomic E-state index is 12.3. The number of hydrogen-bond donors (Lipinski definition) is 6. The molecule has 6 N–H and O–H groups in total. The average Bonchev–Trinajstić information content (AvgIpc) is 2.54. The minimum absolute atomic E-state index is 0.181. The van der Waals surface area contributed by atoms with Gasteiger partial charge in [0.1, 0.15) is 17.1 Å². The van der Waals surface area contributed by atoms with Crippen molar-refractivity contribution in [3.05, 3.63) is 23.3 Å². The first-order valence-electron chi connectivity index (χ1n) is 8.57. The van der Waals surface area contributed by atoms with Crippen LogP contribution in [0.4, 0.5) is 0 Å². The van der Waals surface area contributed by atoms with Gasteiger partial charge in [-0.05, 0) is 25.0 Å². The van der Waals surface area contributed by atoms with E-state index in [1.807, 2.05) is 6.92 Å². The maximum atomic E-state index is 12.3. The molecule has 0 fully saturated rings. The molecule has 0 aliphatic heterocycles. The second kappa shape index (κ2) is 8.42. The first kappa shape index (κ1) is 23.2. The molecule has 154 valence electrons. The summed E-state index contributed by atoms with van der Waals surface area (Å²) >= 11 is 0. The van der Waals surface area contributed by atoms with Crippen molar-refractivity contribution in [3.8, 4) is 11.5 Å². The quantitative estimate of drug-likeness (QED) is 0.147. The number of phenols is 2. The summed E-state index contributed by atoms with van der Waals surface area (Å²) in [7, 11) is -5.36. The van der Waals surface area contributed by atoms with E-state index in [0.717, 1.165) is 25.0 Å². The summed E-state index contributed by atoms with van der Waals surface area (Å²) in [5.74, 6) is -6.72. The van der Waals surface area contributed by atoms with E-state index in [-0.39, 0.29) is 6.42 Å². The Kier molecular flexibility index (Phi) is 7.23. The van der Waals surface area contributed by atoms with Gasteiger partial charge in [0.2, 0.25) is 0 Å². The summed E-state index contributed by atoms with van der Waals surface area (Å²) in [6.07, 6.45) is 1.12. The van der Waals surface area contributed by atoms with Gasteiger partial charge in [0, 0.05) is 12.0 Å². The first-order chi connectivity index (χ1) is 12.4. The van der Waals surface area contributed by atoms with Crippen LogP contribution in [0.1, 0.15) is 68.3 Å². The highest BCUT2D eigenvalue weighted by molar-refractivity contribution is 7.86. The van der Waals surface area contributed by atoms with Gasteiger partial charge in [-0.3, -0.25) is 4.55 Å². The Balaban J connectivity index is 3.80. The minimum atomic E-state index is -5.36. The van der Waals surface area contributed by atoms with E-state index in [2.05, 4.69) is 0 Å². The van der Waals surface area contributed by atoms with Crippen molar-refractivity contribution >= 4 is 16.1 Å². The SMILES string of the molecule is CCCCCCC(O)(O)C(CC)(c1c(O)ccc(O)c1C(=O)O)S(=O)(=O)O. The summed E-state index contributed by atoms with van der Waals surface area (Å²) in [6.45, 7) is 3.11. The van der Waals surface area contributed by atoms with Crippen LogP contribution in [0.3, 0.4) is 0 Å². The largest absolute Gasteiger partial charge is 0.508 e. The molecule has 0 aliphatic rings. The summed E-state index contributed by atoms with van der Waals surface area (Å²) in [6, 6.07) is 1.64. The molecule has 0 heterocycles. The highest BCUT2D eigenvalue weighted by Gasteiger charge is 2.61. The molecule has 1 rings (SSSR count). The first-order valence-corrected chi connectivity index (χ1v) is 10.0. The summed E-state index contributed by atoms with van der Waals surface area (Å²) in [4.78, 5) is 11.6. The Labute approximate surface area is 157 Å². The van der Waals surface area contributed by atoms with Gasteiger partial charge >= 0.3 is 5.97 Å². The number of unbranched alkanes of at least 4 members (excludes halogenated alkanes) is 3. The number of aliphatic hydroxyl groups is 2. The van der Waals surface area contributed by atoms with Crippen LogP contribution < -0.4 is 0 Å². The van der Waals surface area contributed by atoms with Gasteiger partial charge in [0.15, 0.2) is 10.5 Å². The summed E-state index contributed by atoms with van der Waals surface area (Å²) < 4.78 is 31.5. The molecule has 0 aromatic heterocycles. The third-order valence-corrected chi connectivity index (χ3v) is 6.44. The molecule has 0 radical (unpaired) electrons. The van der Waals surface area contributed by atoms with Crippen molar-refractivity contribution in [2.45, 2.75) is 62.9 Å². The molecule has 0 amide bonds. The number of hydrogen-bond acceptors (Lipinski definition) is 7. The molecule has 1 aromatic rings. The van der Waals surface area contributed by atoms with E-state index >= 15 is 0 Å². The number of carboxylic acids is 1. The molecule has 0 bridgehead atoms. The highest BCUT2D eigenvalue weighted by Crippen LogP contribution is 2.50. The Hall–Kier alpha value is -1.88. The Bertz CT molecular complexity index is 786. The zero-order valence-corrected chi connectivity index (χ0v) is 16.0. The van der Waals surface area contributed by atoms with E-state index in [1.165, 1.54) is 6.92 Å². The van der Waals surface area contributed by atoms with E-state index in [4.69, 9.17) is 0 Å². The maximum Gasteiger partial charge on any atom is 0.339 e. The third kappa shape index (κ3) is 4.18. The molecule has 1 unspecified atom stereocenters. The fourth-order valence-electron chi connectivity index (χ4n) is 3.38. The van der Waals surface area contributed by atoms with Gasteiger partial charge in [-0.2, -0.15) is 8.42 Å². The number of benzene rings is 1. The fourth-order valence-corrected chi connectivity index (χ4v) is 4.73. The van der Waals surface area contributed by atoms with Crippen LogP contribution in [0.5, 0.6) is 11.5 Å². The number of carboxylic acid groups (broad SMARTS) is 1. The monoisotopic (exact) mass is 406 g/mol. The third-order valence-electron chi connectivity index (χ3n) is 4.74. The smallest absolute Gasteiger partial charge is 0.339 e. The van der Waals surface area contributed by atoms with Gasteiger partial charge in [-0.25, -0.2) is 4.79 Å². The summed E-state index contributed by atoms with van der Waals surface area (Å²) in [5.41, 5.74) is -2.00. The van der Waals surface area contributed by atoms with Crippen LogP contribution in [0.2, 0.25) is 0 Å². The lowest BCUT2D eigenvalue weighted by Gasteiger charge is -2.41. The Morgan fingerprint density at radius 1 is 1.04 bits per heavy atom. The van der Waals surface area contributed by atoms with Crippen LogP contribution in [0.25, 0.3) is 0 Å². The molecular weight excluding hydrogens is 380 g/mol. The Morgan fingerprint density at radius 2 is 1.59 bits per heavy atom. The molecule has 0 aliphatic carbocycles. The lowest BCUT2D eigenvalue weighted by Crippen LogP contribution is -2.56. The van der Waals surface area contributed by atoms with Crippen LogP contribution in [-0.2, 0) is 14.9 Å². The minimum Gasteiger partial charge on any atom is -0.508 e. The van der Waals surface area contributed by atoms with Crippen molar-refractivity contribution in [2.75, 3.05) is 0 Å². The van der Waals surface area contributed by atoms with Gasteiger partial charge in [-0.15, -0.1) is 0 Å². The predicted octanol–water partition coefficient (Wildman–Crippen LogP) is 1.94. The second-order valence-corrected chi connectivity index (χ2v) is 8.09. The standard InChI is InChI=1S/C17H26O9S/c1-3-5-6-7-10-17(22,23)16(4-2,27(24,25)26)14-12(19)9-8-11(18)13(14)15(20)21/h8-9,18-19,22-23H,3-7,10H2,1-2H3,(H,20,21)(H,24,25,26). The number of phenolic OH excluding ortho intramolecular Hbond substituents is 1. The number of rotatable bonds is 10. The fraction of sp³-hybridized carbons (Fsp3) is 0.588. The van der Waals surface area contributed by atoms with Crippen molar-refractivity contribution in [1.82, 2.24) is 0 Å². The van der Waals surface area contributed by atoms with Crippen molar-refractivity contribution in [3.63, 3.8) is 0 Å². The lowest BCUT2D eigenvalue weighted by molar-refractivity contribution is -0.199. The van der Waals surface area contributed by atoms with Crippen molar-refractivity contribution in [2.24, 2.45) is 0 Å². The Morgan fingerprint density at radius 3 is 2.04 bits per heavy atom. The second-order valence-electron chi connectivity index (χ2n) is 6.44. The van der Waals surface area contributed by atoms with Crippen LogP contribution in [-0.4, -0.2) is 50.3 Å². The molecule has 0 saturated carbocycles. The van der Waals surface area contributed by atoms with E-state index in [9.17, 15) is 43.3 Å². The van der Waals surface area contributed by atoms with Crippen LogP contribution >= 0.6 is 0 Å². The van der Waals surface area contributed by atoms with Gasteiger partial charge in [0.25, 0.3) is 10.1 Å². The zero-order valence-electron chi connectivity index (χ0n) is 15.2. The van der Waals surface area contributed by atoms with Crippen LogP contribution in [0.15, 0.2) is 12.1 Å². The normalized spacial score (nSPS) is 14.7. The predicted molar refractivity (Wildman–Crippen MR) is 96.2 cm³/mol. The molecule has 0 spiro atoms. The molecule has 1 atom stereocenters. The van der Waals surface area contributed by atoms with Gasteiger partial charge in [-0.1, -0.05) is 33.1 Å². The molecule has 0 saturated heterocycles. The van der Waals surface area contributed by atoms with E-state index in [0.29, 0.717) is 6.42 Å². The molecular formula is C17H26O9S. The van der Waals surface area contributed by atoms with Gasteiger partial charge < -0.3 is 25.5 Å². The average molecular weight is 406 g/mol. The van der Waals surface area contributed by atoms with E-state index < -0.39 is 62.1 Å². The number of aromatic hydroxyl groups is 2. The summed E-state index contributed by atoms with van der Waals surface area (Å²) in [5, 5.41) is 50.8. The van der Waals surface area contributed by atoms with Gasteiger partial charge in [0.05, 0.1) is 0 Å². The number of carbonyl (C=O) groups is 1. The zero-order chi connectivity index (χ0) is 21.0. The molecule has 1 aromatic carbocycles. The topological polar surface area (TPSA) is 173 Å². The van der Waals surface area contributed by atoms with Crippen molar-refractivity contribution in [1.29, 1.82) is 0 Å². The highest BCUT2D eigenvalue weighted by atomic mass is 32.2. The molecule has 27 heavy (non-hydrogen) atoms. The lowest BCUT2D eigenvalue weighted by atomic mass is 9.80. The molecule has 9 nitrogen and oxygen atoms in total. The van der Waals surface area contributed by atoms with Crippen LogP contribution in [0, 0.1) is 0 Å². The number of aromatic carboxylic acids is 1. The molecule has 10 heteroatoms. The van der Waals surface area contributed by atoms with E-state index in [1.54, 1.807) is 0 Å². The van der Waals surface area contributed by atoms with Crippen molar-refractivity contribution < 1.29 is 43.3 Å².